The number of nitrogens with zero attached hydrogens (tertiary/aromatic N) is 1. The first-order valence-corrected chi connectivity index (χ1v) is 10.8. The average Bonchev–Trinajstić information content (AvgIpc) is 3.08. The molecule has 2 aliphatic heterocycles. The number of rotatable bonds is 3. The molecule has 2 heterocycles. The van der Waals surface area contributed by atoms with E-state index in [2.05, 4.69) is 17.1 Å². The summed E-state index contributed by atoms with van der Waals surface area (Å²) in [6.45, 7) is 6.82. The minimum Gasteiger partial charge on any atom is -0.475 e. The molecule has 0 radical (unpaired) electrons. The summed E-state index contributed by atoms with van der Waals surface area (Å²) in [5.41, 5.74) is 1.20. The van der Waals surface area contributed by atoms with Crippen molar-refractivity contribution in [1.82, 2.24) is 10.2 Å². The standard InChI is InChI=1S/C16H24N2O2S.C2HF3O2/c1-12(13-3-5-16(6-4-13)21(2,19)20)18-8-7-14-9-17-10-15(14)11-18;3-2(4,5)1(6)7/h3-6,12,14-15,17H,7-11H2,1-2H3;(H,6,7). The molecule has 1 aromatic rings. The van der Waals surface area contributed by atoms with Gasteiger partial charge in [-0.05, 0) is 62.5 Å². The molecule has 0 saturated carbocycles. The second-order valence-corrected chi connectivity index (χ2v) is 9.30. The Labute approximate surface area is 162 Å². The lowest BCUT2D eigenvalue weighted by Crippen LogP contribution is -2.41. The fourth-order valence-electron chi connectivity index (χ4n) is 3.62. The molecule has 10 heteroatoms. The largest absolute Gasteiger partial charge is 0.490 e. The van der Waals surface area contributed by atoms with E-state index in [1.54, 1.807) is 12.1 Å². The third-order valence-corrected chi connectivity index (χ3v) is 6.45. The molecule has 2 fully saturated rings. The molecule has 0 bridgehead atoms. The highest BCUT2D eigenvalue weighted by molar-refractivity contribution is 7.90. The lowest BCUT2D eigenvalue weighted by atomic mass is 9.87. The molecule has 3 unspecified atom stereocenters. The van der Waals surface area contributed by atoms with Crippen molar-refractivity contribution in [2.45, 2.75) is 30.5 Å². The van der Waals surface area contributed by atoms with E-state index in [4.69, 9.17) is 9.90 Å². The smallest absolute Gasteiger partial charge is 0.475 e. The molecule has 3 atom stereocenters. The van der Waals surface area contributed by atoms with Crippen molar-refractivity contribution >= 4 is 15.8 Å². The number of piperidine rings is 1. The molecule has 2 aliphatic rings. The number of carboxylic acids is 1. The zero-order valence-corrected chi connectivity index (χ0v) is 16.6. The number of likely N-dealkylation sites (tertiary alicyclic amines) is 1. The monoisotopic (exact) mass is 422 g/mol. The van der Waals surface area contributed by atoms with Crippen molar-refractivity contribution in [1.29, 1.82) is 0 Å². The van der Waals surface area contributed by atoms with Gasteiger partial charge in [0.2, 0.25) is 0 Å². The summed E-state index contributed by atoms with van der Waals surface area (Å²) in [5, 5.41) is 10.6. The van der Waals surface area contributed by atoms with Crippen molar-refractivity contribution in [3.8, 4) is 0 Å². The molecule has 158 valence electrons. The van der Waals surface area contributed by atoms with Crippen LogP contribution in [0.3, 0.4) is 0 Å². The maximum absolute atomic E-state index is 11.5. The number of aliphatic carboxylic acids is 1. The molecule has 0 aromatic heterocycles. The second-order valence-electron chi connectivity index (χ2n) is 7.28. The van der Waals surface area contributed by atoms with Gasteiger partial charge in [-0.25, -0.2) is 13.2 Å². The summed E-state index contributed by atoms with van der Waals surface area (Å²) in [7, 11) is -3.10. The Morgan fingerprint density at radius 1 is 1.21 bits per heavy atom. The minimum atomic E-state index is -5.08. The SMILES string of the molecule is CC(c1ccc(S(C)(=O)=O)cc1)N1CCC2CNCC2C1.O=C(O)C(F)(F)F. The third kappa shape index (κ3) is 5.92. The molecule has 6 nitrogen and oxygen atoms in total. The highest BCUT2D eigenvalue weighted by Gasteiger charge is 2.38. The lowest BCUT2D eigenvalue weighted by molar-refractivity contribution is -0.192. The van der Waals surface area contributed by atoms with Crippen molar-refractivity contribution in [3.63, 3.8) is 0 Å². The summed E-state index contributed by atoms with van der Waals surface area (Å²) in [6.07, 6.45) is -2.56. The van der Waals surface area contributed by atoms with Gasteiger partial charge >= 0.3 is 12.1 Å². The van der Waals surface area contributed by atoms with E-state index in [-0.39, 0.29) is 0 Å². The fraction of sp³-hybridized carbons (Fsp3) is 0.611. The summed E-state index contributed by atoms with van der Waals surface area (Å²) in [4.78, 5) is 11.8. The summed E-state index contributed by atoms with van der Waals surface area (Å²) in [6, 6.07) is 7.72. The highest BCUT2D eigenvalue weighted by Crippen LogP contribution is 2.32. The first-order valence-electron chi connectivity index (χ1n) is 8.94. The van der Waals surface area contributed by atoms with E-state index in [0.717, 1.165) is 31.5 Å². The molecule has 28 heavy (non-hydrogen) atoms. The van der Waals surface area contributed by atoms with Crippen LogP contribution in [0.4, 0.5) is 13.2 Å². The molecule has 0 spiro atoms. The molecular weight excluding hydrogens is 397 g/mol. The molecule has 2 N–H and O–H groups in total. The Kier molecular flexibility index (Phi) is 7.11. The zero-order chi connectivity index (χ0) is 21.1. The topological polar surface area (TPSA) is 86.7 Å². The third-order valence-electron chi connectivity index (χ3n) is 5.32. The van der Waals surface area contributed by atoms with E-state index >= 15 is 0 Å². The first kappa shape index (κ1) is 22.6. The number of carbonyl (C=O) groups is 1. The number of carboxylic acid groups (broad SMARTS) is 1. The van der Waals surface area contributed by atoms with Gasteiger partial charge in [0.1, 0.15) is 0 Å². The van der Waals surface area contributed by atoms with E-state index in [1.807, 2.05) is 12.1 Å². The molecule has 0 aliphatic carbocycles. The Bertz CT molecular complexity index is 781. The Hall–Kier alpha value is -1.65. The van der Waals surface area contributed by atoms with E-state index in [1.165, 1.54) is 24.8 Å². The number of sulfone groups is 1. The predicted octanol–water partition coefficient (Wildman–Crippen LogP) is 2.33. The Morgan fingerprint density at radius 3 is 2.25 bits per heavy atom. The van der Waals surface area contributed by atoms with Gasteiger partial charge < -0.3 is 10.4 Å². The molecular formula is C18H25F3N2O4S. The van der Waals surface area contributed by atoms with E-state index < -0.39 is 22.0 Å². The van der Waals surface area contributed by atoms with E-state index in [9.17, 15) is 21.6 Å². The van der Waals surface area contributed by atoms with E-state index in [0.29, 0.717) is 10.9 Å². The zero-order valence-electron chi connectivity index (χ0n) is 15.7. The van der Waals surface area contributed by atoms with Crippen LogP contribution in [0.1, 0.15) is 24.9 Å². The van der Waals surface area contributed by atoms with Crippen molar-refractivity contribution < 1.29 is 31.5 Å². The molecule has 2 saturated heterocycles. The second kappa shape index (κ2) is 8.79. The quantitative estimate of drug-likeness (QED) is 0.778. The number of halogens is 3. The van der Waals surface area contributed by atoms with Gasteiger partial charge in [-0.15, -0.1) is 0 Å². The Morgan fingerprint density at radius 2 is 1.75 bits per heavy atom. The van der Waals surface area contributed by atoms with Crippen LogP contribution in [0.15, 0.2) is 29.2 Å². The average molecular weight is 422 g/mol. The number of hydrogen-bond donors (Lipinski definition) is 2. The fourth-order valence-corrected chi connectivity index (χ4v) is 4.25. The normalized spacial score (nSPS) is 24.0. The highest BCUT2D eigenvalue weighted by atomic mass is 32.2. The predicted molar refractivity (Wildman–Crippen MR) is 97.7 cm³/mol. The molecule has 3 rings (SSSR count). The first-order chi connectivity index (χ1) is 12.9. The Balaban J connectivity index is 0.000000345. The van der Waals surface area contributed by atoms with Gasteiger partial charge in [0.05, 0.1) is 4.90 Å². The van der Waals surface area contributed by atoms with Crippen LogP contribution in [-0.4, -0.2) is 63.0 Å². The van der Waals surface area contributed by atoms with Gasteiger partial charge in [-0.2, -0.15) is 13.2 Å². The van der Waals surface area contributed by atoms with Gasteiger partial charge in [-0.3, -0.25) is 4.90 Å². The van der Waals surface area contributed by atoms with Crippen LogP contribution >= 0.6 is 0 Å². The van der Waals surface area contributed by atoms with Gasteiger partial charge in [0.25, 0.3) is 0 Å². The number of fused-ring (bicyclic) bond motifs is 1. The summed E-state index contributed by atoms with van der Waals surface area (Å²) in [5.74, 6) is -1.13. The van der Waals surface area contributed by atoms with Crippen molar-refractivity contribution in [2.24, 2.45) is 11.8 Å². The van der Waals surface area contributed by atoms with Crippen LogP contribution < -0.4 is 5.32 Å². The van der Waals surface area contributed by atoms with Gasteiger partial charge in [-0.1, -0.05) is 12.1 Å². The van der Waals surface area contributed by atoms with Crippen LogP contribution in [-0.2, 0) is 14.6 Å². The van der Waals surface area contributed by atoms with Crippen molar-refractivity contribution in [2.75, 3.05) is 32.4 Å². The van der Waals surface area contributed by atoms with Crippen molar-refractivity contribution in [3.05, 3.63) is 29.8 Å². The number of alkyl halides is 3. The number of nitrogens with one attached hydrogen (secondary N) is 1. The maximum Gasteiger partial charge on any atom is 0.490 e. The maximum atomic E-state index is 11.5. The number of benzene rings is 1. The summed E-state index contributed by atoms with van der Waals surface area (Å²) < 4.78 is 54.8. The van der Waals surface area contributed by atoms with Crippen LogP contribution in [0, 0.1) is 11.8 Å². The van der Waals surface area contributed by atoms with Gasteiger partial charge in [0.15, 0.2) is 9.84 Å². The van der Waals surface area contributed by atoms with Crippen LogP contribution in [0.5, 0.6) is 0 Å². The lowest BCUT2D eigenvalue weighted by Gasteiger charge is -2.38. The number of hydrogen-bond acceptors (Lipinski definition) is 5. The van der Waals surface area contributed by atoms with Crippen LogP contribution in [0.2, 0.25) is 0 Å². The molecule has 0 amide bonds. The van der Waals surface area contributed by atoms with Crippen LogP contribution in [0.25, 0.3) is 0 Å². The van der Waals surface area contributed by atoms with Gasteiger partial charge in [0, 0.05) is 18.8 Å². The molecule has 1 aromatic carbocycles. The summed E-state index contributed by atoms with van der Waals surface area (Å²) >= 11 is 0. The minimum absolute atomic E-state index is 0.347.